The Labute approximate surface area is 111 Å². The molecule has 0 saturated carbocycles. The minimum atomic E-state index is 0.616. The normalized spacial score (nSPS) is 13.3. The van der Waals surface area contributed by atoms with Crippen molar-refractivity contribution in [3.8, 4) is 11.5 Å². The minimum absolute atomic E-state index is 0.616. The second-order valence-electron chi connectivity index (χ2n) is 4.33. The number of fused-ring (bicyclic) bond motifs is 1. The van der Waals surface area contributed by atoms with Gasteiger partial charge in [0.15, 0.2) is 11.5 Å². The largest absolute Gasteiger partial charge is 0.486 e. The summed E-state index contributed by atoms with van der Waals surface area (Å²) in [5.74, 6) is 1.65. The van der Waals surface area contributed by atoms with Gasteiger partial charge < -0.3 is 14.8 Å². The van der Waals surface area contributed by atoms with E-state index in [1.807, 2.05) is 30.6 Å². The summed E-state index contributed by atoms with van der Waals surface area (Å²) in [7, 11) is 0. The van der Waals surface area contributed by atoms with Crippen LogP contribution in [-0.4, -0.2) is 23.2 Å². The van der Waals surface area contributed by atoms with Crippen molar-refractivity contribution in [1.29, 1.82) is 0 Å². The molecular formula is C14H15N3O2. The van der Waals surface area contributed by atoms with Gasteiger partial charge in [-0.05, 0) is 17.7 Å². The van der Waals surface area contributed by atoms with Crippen molar-refractivity contribution in [3.63, 3.8) is 0 Å². The molecule has 0 spiro atoms. The first-order chi connectivity index (χ1) is 9.42. The van der Waals surface area contributed by atoms with Gasteiger partial charge in [0.2, 0.25) is 0 Å². The predicted molar refractivity (Wildman–Crippen MR) is 70.0 cm³/mol. The SMILES string of the molecule is c1ncc(CNCc2ccc3c(c2)OCCO3)cn1. The molecule has 0 fully saturated rings. The van der Waals surface area contributed by atoms with Crippen LogP contribution < -0.4 is 14.8 Å². The van der Waals surface area contributed by atoms with Crippen LogP contribution in [-0.2, 0) is 13.1 Å². The Morgan fingerprint density at radius 2 is 1.68 bits per heavy atom. The third-order valence-electron chi connectivity index (χ3n) is 2.88. The highest BCUT2D eigenvalue weighted by atomic mass is 16.6. The van der Waals surface area contributed by atoms with Crippen molar-refractivity contribution in [3.05, 3.63) is 48.0 Å². The highest BCUT2D eigenvalue weighted by Crippen LogP contribution is 2.30. The van der Waals surface area contributed by atoms with Gasteiger partial charge >= 0.3 is 0 Å². The van der Waals surface area contributed by atoms with E-state index in [-0.39, 0.29) is 0 Å². The number of nitrogens with one attached hydrogen (secondary N) is 1. The molecule has 5 nitrogen and oxygen atoms in total. The molecule has 1 aliphatic heterocycles. The fraction of sp³-hybridized carbons (Fsp3) is 0.286. The van der Waals surface area contributed by atoms with E-state index in [9.17, 15) is 0 Å². The molecule has 0 atom stereocenters. The van der Waals surface area contributed by atoms with Gasteiger partial charge in [-0.1, -0.05) is 6.07 Å². The molecule has 1 aromatic heterocycles. The van der Waals surface area contributed by atoms with E-state index in [2.05, 4.69) is 15.3 Å². The van der Waals surface area contributed by atoms with Gasteiger partial charge in [0.1, 0.15) is 19.5 Å². The van der Waals surface area contributed by atoms with E-state index in [0.29, 0.717) is 13.2 Å². The molecule has 0 saturated heterocycles. The van der Waals surface area contributed by atoms with E-state index in [0.717, 1.165) is 30.2 Å². The fourth-order valence-electron chi connectivity index (χ4n) is 1.97. The molecule has 1 aromatic carbocycles. The average molecular weight is 257 g/mol. The molecule has 0 amide bonds. The lowest BCUT2D eigenvalue weighted by Crippen LogP contribution is -2.16. The summed E-state index contributed by atoms with van der Waals surface area (Å²) < 4.78 is 11.0. The quantitative estimate of drug-likeness (QED) is 0.900. The van der Waals surface area contributed by atoms with Crippen molar-refractivity contribution < 1.29 is 9.47 Å². The maximum absolute atomic E-state index is 5.56. The second kappa shape index (κ2) is 5.67. The average Bonchev–Trinajstić information content (AvgIpc) is 2.48. The van der Waals surface area contributed by atoms with Crippen LogP contribution in [0.25, 0.3) is 0 Å². The van der Waals surface area contributed by atoms with Crippen LogP contribution in [0.3, 0.4) is 0 Å². The van der Waals surface area contributed by atoms with E-state index >= 15 is 0 Å². The van der Waals surface area contributed by atoms with Crippen LogP contribution in [0, 0.1) is 0 Å². The van der Waals surface area contributed by atoms with Crippen molar-refractivity contribution in [2.45, 2.75) is 13.1 Å². The summed E-state index contributed by atoms with van der Waals surface area (Å²) in [4.78, 5) is 7.96. The lowest BCUT2D eigenvalue weighted by molar-refractivity contribution is 0.171. The van der Waals surface area contributed by atoms with Crippen molar-refractivity contribution >= 4 is 0 Å². The molecule has 19 heavy (non-hydrogen) atoms. The molecule has 98 valence electrons. The summed E-state index contributed by atoms with van der Waals surface area (Å²) >= 11 is 0. The predicted octanol–water partition coefficient (Wildman–Crippen LogP) is 1.54. The van der Waals surface area contributed by atoms with E-state index in [1.54, 1.807) is 0 Å². The molecular weight excluding hydrogens is 242 g/mol. The summed E-state index contributed by atoms with van der Waals surface area (Å²) in [6.07, 6.45) is 5.15. The Bertz CT molecular complexity index is 546. The standard InChI is InChI=1S/C14H15N3O2/c1-2-13-14(19-4-3-18-13)5-11(1)6-15-7-12-8-16-10-17-9-12/h1-2,5,8-10,15H,3-4,6-7H2. The summed E-state index contributed by atoms with van der Waals surface area (Å²) in [5, 5.41) is 3.35. The van der Waals surface area contributed by atoms with Crippen LogP contribution in [0.2, 0.25) is 0 Å². The zero-order chi connectivity index (χ0) is 12.9. The Balaban J connectivity index is 1.58. The monoisotopic (exact) mass is 257 g/mol. The molecule has 0 radical (unpaired) electrons. The van der Waals surface area contributed by atoms with Crippen LogP contribution in [0.15, 0.2) is 36.9 Å². The number of aromatic nitrogens is 2. The van der Waals surface area contributed by atoms with E-state index in [1.165, 1.54) is 11.9 Å². The van der Waals surface area contributed by atoms with Crippen LogP contribution in [0.5, 0.6) is 11.5 Å². The lowest BCUT2D eigenvalue weighted by atomic mass is 10.2. The smallest absolute Gasteiger partial charge is 0.161 e. The first-order valence-electron chi connectivity index (χ1n) is 6.25. The maximum Gasteiger partial charge on any atom is 0.161 e. The molecule has 5 heteroatoms. The fourth-order valence-corrected chi connectivity index (χ4v) is 1.97. The molecule has 0 unspecified atom stereocenters. The minimum Gasteiger partial charge on any atom is -0.486 e. The summed E-state index contributed by atoms with van der Waals surface area (Å²) in [6, 6.07) is 6.02. The van der Waals surface area contributed by atoms with E-state index < -0.39 is 0 Å². The molecule has 0 bridgehead atoms. The van der Waals surface area contributed by atoms with Gasteiger partial charge in [0.25, 0.3) is 0 Å². The Kier molecular flexibility index (Phi) is 3.56. The van der Waals surface area contributed by atoms with Gasteiger partial charge in [0.05, 0.1) is 0 Å². The first-order valence-corrected chi connectivity index (χ1v) is 6.25. The van der Waals surface area contributed by atoms with Crippen molar-refractivity contribution in [2.75, 3.05) is 13.2 Å². The summed E-state index contributed by atoms with van der Waals surface area (Å²) in [6.45, 7) is 2.75. The molecule has 2 heterocycles. The topological polar surface area (TPSA) is 56.3 Å². The van der Waals surface area contributed by atoms with E-state index in [4.69, 9.17) is 9.47 Å². The van der Waals surface area contributed by atoms with Crippen molar-refractivity contribution in [2.24, 2.45) is 0 Å². The molecule has 0 aliphatic carbocycles. The lowest BCUT2D eigenvalue weighted by Gasteiger charge is -2.19. The van der Waals surface area contributed by atoms with Crippen LogP contribution >= 0.6 is 0 Å². The van der Waals surface area contributed by atoms with Gasteiger partial charge in [-0.2, -0.15) is 0 Å². The summed E-state index contributed by atoms with van der Waals surface area (Å²) in [5.41, 5.74) is 2.24. The van der Waals surface area contributed by atoms with Crippen LogP contribution in [0.4, 0.5) is 0 Å². The van der Waals surface area contributed by atoms with Crippen LogP contribution in [0.1, 0.15) is 11.1 Å². The Morgan fingerprint density at radius 1 is 0.947 bits per heavy atom. The second-order valence-corrected chi connectivity index (χ2v) is 4.33. The molecule has 3 rings (SSSR count). The number of rotatable bonds is 4. The number of benzene rings is 1. The third kappa shape index (κ3) is 3.00. The Morgan fingerprint density at radius 3 is 2.53 bits per heavy atom. The highest BCUT2D eigenvalue weighted by Gasteiger charge is 2.11. The highest BCUT2D eigenvalue weighted by molar-refractivity contribution is 5.43. The number of ether oxygens (including phenoxy) is 2. The molecule has 1 aliphatic rings. The third-order valence-corrected chi connectivity index (χ3v) is 2.88. The maximum atomic E-state index is 5.56. The number of nitrogens with zero attached hydrogens (tertiary/aromatic N) is 2. The zero-order valence-electron chi connectivity index (χ0n) is 10.5. The zero-order valence-corrected chi connectivity index (χ0v) is 10.5. The number of hydrogen-bond donors (Lipinski definition) is 1. The Hall–Kier alpha value is -2.14. The van der Waals surface area contributed by atoms with Gasteiger partial charge in [0, 0.05) is 31.0 Å². The number of hydrogen-bond acceptors (Lipinski definition) is 5. The first kappa shape index (κ1) is 11.9. The molecule has 2 aromatic rings. The van der Waals surface area contributed by atoms with Gasteiger partial charge in [-0.15, -0.1) is 0 Å². The van der Waals surface area contributed by atoms with Gasteiger partial charge in [-0.3, -0.25) is 0 Å². The van der Waals surface area contributed by atoms with Crippen molar-refractivity contribution in [1.82, 2.24) is 15.3 Å². The van der Waals surface area contributed by atoms with Gasteiger partial charge in [-0.25, -0.2) is 9.97 Å². The molecule has 1 N–H and O–H groups in total.